The summed E-state index contributed by atoms with van der Waals surface area (Å²) < 4.78 is 5.14. The Balaban J connectivity index is 1.59. The van der Waals surface area contributed by atoms with Crippen LogP contribution in [0, 0.1) is 0 Å². The molecule has 3 rings (SSSR count). The Morgan fingerprint density at radius 2 is 1.92 bits per heavy atom. The van der Waals surface area contributed by atoms with Crippen LogP contribution in [0.4, 0.5) is 4.79 Å². The third-order valence-corrected chi connectivity index (χ3v) is 5.23. The summed E-state index contributed by atoms with van der Waals surface area (Å²) in [5.74, 6) is -0.999. The Bertz CT molecular complexity index is 717. The highest BCUT2D eigenvalue weighted by atomic mass is 35.5. The van der Waals surface area contributed by atoms with Crippen molar-refractivity contribution in [3.05, 3.63) is 33.8 Å². The van der Waals surface area contributed by atoms with Crippen LogP contribution >= 0.6 is 23.2 Å². The summed E-state index contributed by atoms with van der Waals surface area (Å²) in [5.41, 5.74) is -0.241. The van der Waals surface area contributed by atoms with E-state index in [2.05, 4.69) is 5.32 Å². The number of esters is 1. The molecule has 0 bridgehead atoms. The monoisotopic (exact) mass is 384 g/mol. The average Bonchev–Trinajstić information content (AvgIpc) is 2.79. The van der Waals surface area contributed by atoms with E-state index in [4.69, 9.17) is 27.9 Å². The van der Waals surface area contributed by atoms with E-state index in [1.165, 1.54) is 0 Å². The van der Waals surface area contributed by atoms with Gasteiger partial charge in [-0.15, -0.1) is 0 Å². The molecule has 1 aromatic carbocycles. The zero-order valence-electron chi connectivity index (χ0n) is 13.5. The fourth-order valence-corrected chi connectivity index (χ4v) is 3.75. The molecule has 25 heavy (non-hydrogen) atoms. The molecule has 1 aromatic rings. The number of amides is 3. The van der Waals surface area contributed by atoms with Gasteiger partial charge in [0.1, 0.15) is 18.7 Å². The first kappa shape index (κ1) is 18.0. The molecular formula is C17H18Cl2N2O4. The number of ether oxygens (including phenoxy) is 1. The third-order valence-electron chi connectivity index (χ3n) is 4.64. The molecule has 2 aliphatic rings. The van der Waals surface area contributed by atoms with Crippen molar-refractivity contribution in [1.82, 2.24) is 10.2 Å². The number of nitrogens with zero attached hydrogens (tertiary/aromatic N) is 1. The van der Waals surface area contributed by atoms with Gasteiger partial charge in [0.25, 0.3) is 5.91 Å². The second kappa shape index (κ2) is 7.22. The van der Waals surface area contributed by atoms with Gasteiger partial charge in [0.15, 0.2) is 0 Å². The van der Waals surface area contributed by atoms with E-state index in [1.807, 2.05) is 0 Å². The quantitative estimate of drug-likeness (QED) is 0.638. The summed E-state index contributed by atoms with van der Waals surface area (Å²) in [5, 5.41) is 3.63. The van der Waals surface area contributed by atoms with E-state index in [0.717, 1.165) is 24.2 Å². The van der Waals surface area contributed by atoms with Gasteiger partial charge in [0, 0.05) is 15.6 Å². The first-order valence-corrected chi connectivity index (χ1v) is 8.90. The minimum Gasteiger partial charge on any atom is -0.459 e. The highest BCUT2D eigenvalue weighted by molar-refractivity contribution is 6.35. The van der Waals surface area contributed by atoms with Crippen LogP contribution < -0.4 is 5.32 Å². The van der Waals surface area contributed by atoms with Gasteiger partial charge in [0.2, 0.25) is 0 Å². The SMILES string of the molecule is O=C(CN1C(=O)NC2(CCCCC2)C1=O)OCc1ccc(Cl)cc1Cl. The first-order valence-electron chi connectivity index (χ1n) is 8.15. The first-order chi connectivity index (χ1) is 11.9. The van der Waals surface area contributed by atoms with Gasteiger partial charge in [0.05, 0.1) is 0 Å². The largest absolute Gasteiger partial charge is 0.459 e. The summed E-state index contributed by atoms with van der Waals surface area (Å²) in [6, 6.07) is 4.31. The van der Waals surface area contributed by atoms with Crippen molar-refractivity contribution in [2.24, 2.45) is 0 Å². The lowest BCUT2D eigenvalue weighted by atomic mass is 9.82. The predicted molar refractivity (Wildman–Crippen MR) is 92.3 cm³/mol. The van der Waals surface area contributed by atoms with E-state index in [1.54, 1.807) is 18.2 Å². The number of rotatable bonds is 4. The summed E-state index contributed by atoms with van der Waals surface area (Å²) in [4.78, 5) is 37.7. The Kier molecular flexibility index (Phi) is 5.20. The highest BCUT2D eigenvalue weighted by Crippen LogP contribution is 2.33. The maximum absolute atomic E-state index is 12.6. The summed E-state index contributed by atoms with van der Waals surface area (Å²) in [6.45, 7) is -0.457. The average molecular weight is 385 g/mol. The molecule has 8 heteroatoms. The summed E-state index contributed by atoms with van der Waals surface area (Å²) in [6.07, 6.45) is 4.06. The molecule has 0 aromatic heterocycles. The molecule has 1 aliphatic heterocycles. The lowest BCUT2D eigenvalue weighted by molar-refractivity contribution is -0.149. The second-order valence-corrected chi connectivity index (χ2v) is 7.20. The normalized spacial score (nSPS) is 19.2. The maximum atomic E-state index is 12.6. The number of halogens is 2. The van der Waals surface area contributed by atoms with E-state index in [0.29, 0.717) is 28.5 Å². The van der Waals surface area contributed by atoms with Gasteiger partial charge in [-0.25, -0.2) is 4.79 Å². The number of hydrogen-bond acceptors (Lipinski definition) is 4. The van der Waals surface area contributed by atoms with E-state index < -0.39 is 24.1 Å². The number of carbonyl (C=O) groups is 3. The van der Waals surface area contributed by atoms with Crippen LogP contribution in [-0.2, 0) is 20.9 Å². The van der Waals surface area contributed by atoms with Gasteiger partial charge in [-0.2, -0.15) is 0 Å². The van der Waals surface area contributed by atoms with Crippen molar-refractivity contribution in [2.45, 2.75) is 44.2 Å². The minimum atomic E-state index is -0.838. The molecule has 3 amide bonds. The molecular weight excluding hydrogens is 367 g/mol. The summed E-state index contributed by atoms with van der Waals surface area (Å²) in [7, 11) is 0. The standard InChI is InChI=1S/C17H18Cl2N2O4/c18-12-5-4-11(13(19)8-12)10-25-14(22)9-21-15(23)17(20-16(21)24)6-2-1-3-7-17/h4-5,8H,1-3,6-7,9-10H2,(H,20,24). The van der Waals surface area contributed by atoms with Crippen LogP contribution in [0.15, 0.2) is 18.2 Å². The van der Waals surface area contributed by atoms with Crippen LogP contribution in [0.5, 0.6) is 0 Å². The number of urea groups is 1. The Morgan fingerprint density at radius 3 is 2.60 bits per heavy atom. The van der Waals surface area contributed by atoms with Crippen LogP contribution in [-0.4, -0.2) is 34.9 Å². The van der Waals surface area contributed by atoms with Gasteiger partial charge in [-0.1, -0.05) is 48.5 Å². The molecule has 2 fully saturated rings. The van der Waals surface area contributed by atoms with Gasteiger partial charge < -0.3 is 10.1 Å². The molecule has 0 atom stereocenters. The van der Waals surface area contributed by atoms with Crippen molar-refractivity contribution in [3.63, 3.8) is 0 Å². The topological polar surface area (TPSA) is 75.7 Å². The third kappa shape index (κ3) is 3.75. The van der Waals surface area contributed by atoms with Crippen LogP contribution in [0.2, 0.25) is 10.0 Å². The van der Waals surface area contributed by atoms with Crippen molar-refractivity contribution in [3.8, 4) is 0 Å². The molecule has 1 spiro atoms. The molecule has 0 unspecified atom stereocenters. The van der Waals surface area contributed by atoms with Gasteiger partial charge >= 0.3 is 12.0 Å². The zero-order valence-corrected chi connectivity index (χ0v) is 15.0. The zero-order chi connectivity index (χ0) is 18.0. The van der Waals surface area contributed by atoms with Gasteiger partial charge in [-0.3, -0.25) is 14.5 Å². The number of hydrogen-bond donors (Lipinski definition) is 1. The Hall–Kier alpha value is -1.79. The molecule has 134 valence electrons. The lowest BCUT2D eigenvalue weighted by Gasteiger charge is -2.30. The Morgan fingerprint density at radius 1 is 1.20 bits per heavy atom. The van der Waals surface area contributed by atoms with Crippen LogP contribution in [0.1, 0.15) is 37.7 Å². The highest BCUT2D eigenvalue weighted by Gasteiger charge is 2.51. The minimum absolute atomic E-state index is 0.0520. The van der Waals surface area contributed by atoms with E-state index in [9.17, 15) is 14.4 Å². The molecule has 1 saturated carbocycles. The molecule has 6 nitrogen and oxygen atoms in total. The number of imide groups is 1. The fourth-order valence-electron chi connectivity index (χ4n) is 3.29. The summed E-state index contributed by atoms with van der Waals surface area (Å²) >= 11 is 11.8. The van der Waals surface area contributed by atoms with Gasteiger partial charge in [-0.05, 0) is 25.0 Å². The lowest BCUT2D eigenvalue weighted by Crippen LogP contribution is -2.48. The predicted octanol–water partition coefficient (Wildman–Crippen LogP) is 3.29. The van der Waals surface area contributed by atoms with Crippen molar-refractivity contribution < 1.29 is 19.1 Å². The smallest absolute Gasteiger partial charge is 0.326 e. The maximum Gasteiger partial charge on any atom is 0.326 e. The number of nitrogens with one attached hydrogen (secondary N) is 1. The molecule has 0 radical (unpaired) electrons. The molecule has 1 N–H and O–H groups in total. The molecule has 1 heterocycles. The van der Waals surface area contributed by atoms with Crippen LogP contribution in [0.25, 0.3) is 0 Å². The Labute approximate surface area is 155 Å². The van der Waals surface area contributed by atoms with Crippen LogP contribution in [0.3, 0.4) is 0 Å². The number of carbonyl (C=O) groups excluding carboxylic acids is 3. The molecule has 1 saturated heterocycles. The number of benzene rings is 1. The van der Waals surface area contributed by atoms with Crippen molar-refractivity contribution in [2.75, 3.05) is 6.54 Å². The fraction of sp³-hybridized carbons (Fsp3) is 0.471. The van der Waals surface area contributed by atoms with E-state index in [-0.39, 0.29) is 12.5 Å². The second-order valence-electron chi connectivity index (χ2n) is 6.36. The van der Waals surface area contributed by atoms with E-state index >= 15 is 0 Å². The van der Waals surface area contributed by atoms with Crippen molar-refractivity contribution >= 4 is 41.1 Å². The molecule has 1 aliphatic carbocycles. The van der Waals surface area contributed by atoms with Crippen molar-refractivity contribution in [1.29, 1.82) is 0 Å².